The number of ether oxygens (including phenoxy) is 1. The summed E-state index contributed by atoms with van der Waals surface area (Å²) in [6.45, 7) is 4.17. The first kappa shape index (κ1) is 14.1. The minimum atomic E-state index is -0.0936. The predicted molar refractivity (Wildman–Crippen MR) is 88.2 cm³/mol. The van der Waals surface area contributed by atoms with Crippen LogP contribution in [0.3, 0.4) is 0 Å². The Balaban J connectivity index is 1.98. The van der Waals surface area contributed by atoms with Crippen LogP contribution in [-0.4, -0.2) is 16.9 Å². The zero-order valence-corrected chi connectivity index (χ0v) is 12.3. The molecule has 0 saturated carbocycles. The van der Waals surface area contributed by atoms with E-state index in [9.17, 15) is 4.79 Å². The Bertz CT molecular complexity index is 880. The van der Waals surface area contributed by atoms with Crippen molar-refractivity contribution in [3.63, 3.8) is 0 Å². The lowest BCUT2D eigenvalue weighted by Gasteiger charge is -2.07. The molecule has 0 bridgehead atoms. The zero-order valence-electron chi connectivity index (χ0n) is 12.3. The average Bonchev–Trinajstić information content (AvgIpc) is 2.57. The largest absolute Gasteiger partial charge is 0.497 e. The van der Waals surface area contributed by atoms with Crippen molar-refractivity contribution in [2.24, 2.45) is 0 Å². The molecule has 0 saturated heterocycles. The van der Waals surface area contributed by atoms with E-state index in [0.717, 1.165) is 22.3 Å². The number of aromatic nitrogens is 2. The van der Waals surface area contributed by atoms with Crippen molar-refractivity contribution in [1.29, 1.82) is 0 Å². The quantitative estimate of drug-likeness (QED) is 0.742. The van der Waals surface area contributed by atoms with Crippen LogP contribution < -0.4 is 10.3 Å². The Labute approximate surface area is 128 Å². The number of hydrogen-bond donors (Lipinski definition) is 0. The van der Waals surface area contributed by atoms with Crippen molar-refractivity contribution >= 4 is 16.8 Å². The molecule has 0 unspecified atom stereocenters. The third-order valence-corrected chi connectivity index (χ3v) is 3.60. The molecular formula is C18H16N2O2. The van der Waals surface area contributed by atoms with Gasteiger partial charge in [0.15, 0.2) is 0 Å². The fraction of sp³-hybridized carbons (Fsp3) is 0.111. The highest BCUT2D eigenvalue weighted by atomic mass is 16.5. The van der Waals surface area contributed by atoms with E-state index in [1.54, 1.807) is 19.4 Å². The van der Waals surface area contributed by atoms with Gasteiger partial charge in [-0.2, -0.15) is 5.10 Å². The molecule has 0 aliphatic rings. The van der Waals surface area contributed by atoms with Crippen molar-refractivity contribution in [2.45, 2.75) is 6.54 Å². The standard InChI is InChI=1S/C18H16N2O2/c1-3-13-6-9-17-15(10-13)11-19-20(18(17)21)12-14-4-7-16(22-2)8-5-14/h3-11H,1,12H2,2H3. The fourth-order valence-corrected chi connectivity index (χ4v) is 2.35. The molecule has 4 nitrogen and oxygen atoms in total. The van der Waals surface area contributed by atoms with Gasteiger partial charge in [-0.1, -0.05) is 30.9 Å². The maximum atomic E-state index is 12.5. The molecule has 110 valence electrons. The van der Waals surface area contributed by atoms with Gasteiger partial charge in [-0.05, 0) is 35.4 Å². The highest BCUT2D eigenvalue weighted by molar-refractivity contribution is 5.82. The van der Waals surface area contributed by atoms with Crippen molar-refractivity contribution < 1.29 is 4.74 Å². The average molecular weight is 292 g/mol. The Hall–Kier alpha value is -2.88. The summed E-state index contributed by atoms with van der Waals surface area (Å²) in [6.07, 6.45) is 3.47. The minimum absolute atomic E-state index is 0.0936. The topological polar surface area (TPSA) is 44.1 Å². The highest BCUT2D eigenvalue weighted by Gasteiger charge is 2.05. The number of fused-ring (bicyclic) bond motifs is 1. The third-order valence-electron chi connectivity index (χ3n) is 3.60. The summed E-state index contributed by atoms with van der Waals surface area (Å²) in [5, 5.41) is 5.75. The number of rotatable bonds is 4. The Morgan fingerprint density at radius 1 is 1.23 bits per heavy atom. The molecule has 0 radical (unpaired) electrons. The molecule has 1 aromatic heterocycles. The molecule has 22 heavy (non-hydrogen) atoms. The van der Waals surface area contributed by atoms with Crippen molar-refractivity contribution in [3.05, 3.63) is 76.7 Å². The molecule has 0 amide bonds. The summed E-state index contributed by atoms with van der Waals surface area (Å²) in [7, 11) is 1.63. The maximum Gasteiger partial charge on any atom is 0.274 e. The number of nitrogens with zero attached hydrogens (tertiary/aromatic N) is 2. The van der Waals surface area contributed by atoms with Gasteiger partial charge in [-0.15, -0.1) is 0 Å². The number of hydrogen-bond acceptors (Lipinski definition) is 3. The van der Waals surface area contributed by atoms with E-state index in [-0.39, 0.29) is 5.56 Å². The molecule has 3 rings (SSSR count). The van der Waals surface area contributed by atoms with E-state index in [2.05, 4.69) is 11.7 Å². The van der Waals surface area contributed by atoms with Crippen LogP contribution in [0.1, 0.15) is 11.1 Å². The van der Waals surface area contributed by atoms with E-state index in [0.29, 0.717) is 11.9 Å². The molecule has 0 atom stereocenters. The van der Waals surface area contributed by atoms with Crippen LogP contribution in [0.25, 0.3) is 16.8 Å². The van der Waals surface area contributed by atoms with Crippen molar-refractivity contribution in [1.82, 2.24) is 9.78 Å². The van der Waals surface area contributed by atoms with Crippen molar-refractivity contribution in [2.75, 3.05) is 7.11 Å². The molecule has 0 aliphatic carbocycles. The Kier molecular flexibility index (Phi) is 3.74. The smallest absolute Gasteiger partial charge is 0.274 e. The molecule has 3 aromatic rings. The van der Waals surface area contributed by atoms with Gasteiger partial charge < -0.3 is 4.74 Å². The summed E-state index contributed by atoms with van der Waals surface area (Å²) in [5.41, 5.74) is 1.88. The summed E-state index contributed by atoms with van der Waals surface area (Å²) in [4.78, 5) is 12.5. The second-order valence-corrected chi connectivity index (χ2v) is 5.01. The second kappa shape index (κ2) is 5.85. The van der Waals surface area contributed by atoms with Crippen molar-refractivity contribution in [3.8, 4) is 5.75 Å². The number of benzene rings is 2. The summed E-state index contributed by atoms with van der Waals surface area (Å²) in [5.74, 6) is 0.791. The van der Waals surface area contributed by atoms with E-state index in [1.807, 2.05) is 42.5 Å². The normalized spacial score (nSPS) is 10.6. The second-order valence-electron chi connectivity index (χ2n) is 5.01. The number of methoxy groups -OCH3 is 1. The lowest BCUT2D eigenvalue weighted by molar-refractivity contribution is 0.414. The predicted octanol–water partition coefficient (Wildman–Crippen LogP) is 3.10. The van der Waals surface area contributed by atoms with Gasteiger partial charge in [0.05, 0.1) is 25.2 Å². The zero-order chi connectivity index (χ0) is 15.5. The molecule has 1 heterocycles. The monoisotopic (exact) mass is 292 g/mol. The first-order chi connectivity index (χ1) is 10.7. The molecule has 0 N–H and O–H groups in total. The van der Waals surface area contributed by atoms with Gasteiger partial charge in [-0.3, -0.25) is 4.79 Å². The summed E-state index contributed by atoms with van der Waals surface area (Å²) < 4.78 is 6.60. The molecule has 0 spiro atoms. The van der Waals surface area contributed by atoms with E-state index < -0.39 is 0 Å². The van der Waals surface area contributed by atoms with Crippen LogP contribution in [0.5, 0.6) is 5.75 Å². The van der Waals surface area contributed by atoms with Crippen LogP contribution in [0.15, 0.2) is 60.0 Å². The minimum Gasteiger partial charge on any atom is -0.497 e. The van der Waals surface area contributed by atoms with Crippen LogP contribution in [0.4, 0.5) is 0 Å². The van der Waals surface area contributed by atoms with Crippen LogP contribution >= 0.6 is 0 Å². The lowest BCUT2D eigenvalue weighted by Crippen LogP contribution is -2.23. The molecule has 0 aliphatic heterocycles. The van der Waals surface area contributed by atoms with E-state index >= 15 is 0 Å². The Morgan fingerprint density at radius 2 is 2.00 bits per heavy atom. The lowest BCUT2D eigenvalue weighted by atomic mass is 10.1. The van der Waals surface area contributed by atoms with Gasteiger partial charge >= 0.3 is 0 Å². The van der Waals surface area contributed by atoms with Gasteiger partial charge in [0, 0.05) is 5.39 Å². The first-order valence-electron chi connectivity index (χ1n) is 6.96. The molecule has 4 heteroatoms. The molecular weight excluding hydrogens is 276 g/mol. The van der Waals surface area contributed by atoms with Crippen LogP contribution in [0.2, 0.25) is 0 Å². The van der Waals surface area contributed by atoms with Crippen LogP contribution in [0, 0.1) is 0 Å². The van der Waals surface area contributed by atoms with Gasteiger partial charge in [0.2, 0.25) is 0 Å². The maximum absolute atomic E-state index is 12.5. The Morgan fingerprint density at radius 3 is 2.68 bits per heavy atom. The fourth-order valence-electron chi connectivity index (χ4n) is 2.35. The summed E-state index contributed by atoms with van der Waals surface area (Å²) >= 11 is 0. The SMILES string of the molecule is C=Cc1ccc2c(=O)n(Cc3ccc(OC)cc3)ncc2c1. The van der Waals surface area contributed by atoms with Crippen LogP contribution in [-0.2, 0) is 6.54 Å². The highest BCUT2D eigenvalue weighted by Crippen LogP contribution is 2.14. The van der Waals surface area contributed by atoms with E-state index in [4.69, 9.17) is 4.74 Å². The molecule has 0 fully saturated rings. The van der Waals surface area contributed by atoms with Gasteiger partial charge in [0.25, 0.3) is 5.56 Å². The van der Waals surface area contributed by atoms with Gasteiger partial charge in [0.1, 0.15) is 5.75 Å². The third kappa shape index (κ3) is 2.63. The summed E-state index contributed by atoms with van der Waals surface area (Å²) in [6, 6.07) is 13.2. The first-order valence-corrected chi connectivity index (χ1v) is 6.96. The van der Waals surface area contributed by atoms with Gasteiger partial charge in [-0.25, -0.2) is 4.68 Å². The molecule has 2 aromatic carbocycles. The van der Waals surface area contributed by atoms with E-state index in [1.165, 1.54) is 4.68 Å².